The Morgan fingerprint density at radius 2 is 1.89 bits per heavy atom. The van der Waals surface area contributed by atoms with Crippen LogP contribution < -0.4 is 14.8 Å². The number of nitrogens with one attached hydrogen (secondary N) is 2. The first-order valence-electron chi connectivity index (χ1n) is 9.45. The third kappa shape index (κ3) is 6.36. The van der Waals surface area contributed by atoms with E-state index in [2.05, 4.69) is 16.1 Å². The number of hydrogen-bond acceptors (Lipinski definition) is 4. The minimum Gasteiger partial charge on any atom is -0.497 e. The molecule has 0 bridgehead atoms. The van der Waals surface area contributed by atoms with Crippen LogP contribution in [0.5, 0.6) is 5.75 Å². The Bertz CT molecular complexity index is 755. The van der Waals surface area contributed by atoms with E-state index in [1.165, 1.54) is 37.7 Å². The van der Waals surface area contributed by atoms with Crippen molar-refractivity contribution in [2.24, 2.45) is 5.92 Å². The lowest BCUT2D eigenvalue weighted by Gasteiger charge is -2.22. The van der Waals surface area contributed by atoms with Crippen LogP contribution in [0.25, 0.3) is 0 Å². The second-order valence-corrected chi connectivity index (χ2v) is 8.88. The van der Waals surface area contributed by atoms with Crippen molar-refractivity contribution in [3.63, 3.8) is 0 Å². The molecule has 2 rings (SSSR count). The molecule has 0 aliphatic heterocycles. The number of ether oxygens (including phenoxy) is 1. The van der Waals surface area contributed by atoms with Gasteiger partial charge < -0.3 is 10.1 Å². The molecule has 0 aromatic heterocycles. The summed E-state index contributed by atoms with van der Waals surface area (Å²) in [5, 5.41) is 2.88. The number of rotatable bonds is 9. The molecule has 0 heterocycles. The van der Waals surface area contributed by atoms with Gasteiger partial charge in [0.2, 0.25) is 15.9 Å². The summed E-state index contributed by atoms with van der Waals surface area (Å²) in [5.41, 5.74) is 1.38. The van der Waals surface area contributed by atoms with Crippen molar-refractivity contribution in [3.05, 3.63) is 35.9 Å². The molecule has 0 unspecified atom stereocenters. The summed E-state index contributed by atoms with van der Waals surface area (Å²) in [5.74, 6) is 0.106. The van der Waals surface area contributed by atoms with Crippen molar-refractivity contribution in [1.29, 1.82) is 0 Å². The van der Waals surface area contributed by atoms with E-state index in [1.807, 2.05) is 13.8 Å². The van der Waals surface area contributed by atoms with Gasteiger partial charge in [-0.1, -0.05) is 25.5 Å². The van der Waals surface area contributed by atoms with Gasteiger partial charge in [0.15, 0.2) is 0 Å². The van der Waals surface area contributed by atoms with Gasteiger partial charge in [-0.2, -0.15) is 4.72 Å². The van der Waals surface area contributed by atoms with Crippen LogP contribution >= 0.6 is 0 Å². The molecule has 0 saturated carbocycles. The summed E-state index contributed by atoms with van der Waals surface area (Å²) in [4.78, 5) is 12.7. The van der Waals surface area contributed by atoms with Gasteiger partial charge in [0.25, 0.3) is 0 Å². The maximum atomic E-state index is 12.6. The van der Waals surface area contributed by atoms with Crippen molar-refractivity contribution in [2.45, 2.75) is 56.9 Å². The Morgan fingerprint density at radius 1 is 1.19 bits per heavy atom. The quantitative estimate of drug-likeness (QED) is 0.631. The molecular formula is C20H30N2O4S. The molecule has 1 aromatic rings. The molecule has 0 fully saturated rings. The molecule has 1 atom stereocenters. The minimum absolute atomic E-state index is 0.106. The first-order chi connectivity index (χ1) is 12.8. The molecule has 0 radical (unpaired) electrons. The second kappa shape index (κ2) is 9.90. The summed E-state index contributed by atoms with van der Waals surface area (Å²) in [6, 6.07) is 5.27. The maximum Gasteiger partial charge on any atom is 0.241 e. The van der Waals surface area contributed by atoms with Gasteiger partial charge >= 0.3 is 0 Å². The molecule has 2 N–H and O–H groups in total. The molecule has 27 heavy (non-hydrogen) atoms. The predicted molar refractivity (Wildman–Crippen MR) is 106 cm³/mol. The molecule has 150 valence electrons. The van der Waals surface area contributed by atoms with E-state index in [1.54, 1.807) is 12.1 Å². The standard InChI is InChI=1S/C20H30N2O4S/c1-15(2)19(20(23)21-14-13-16-7-5-4-6-8-16)22-27(24,25)18-11-9-17(26-3)10-12-18/h7,9-12,15,19,22H,4-6,8,13-14H2,1-3H3,(H,21,23)/t19-/m0/s1. The van der Waals surface area contributed by atoms with Gasteiger partial charge in [-0.3, -0.25) is 4.79 Å². The highest BCUT2D eigenvalue weighted by Crippen LogP contribution is 2.20. The van der Waals surface area contributed by atoms with Crippen molar-refractivity contribution in [2.75, 3.05) is 13.7 Å². The number of methoxy groups -OCH3 is 1. The third-order valence-electron chi connectivity index (χ3n) is 4.73. The van der Waals surface area contributed by atoms with E-state index >= 15 is 0 Å². The van der Waals surface area contributed by atoms with E-state index < -0.39 is 16.1 Å². The zero-order valence-corrected chi connectivity index (χ0v) is 17.1. The Hall–Kier alpha value is -1.86. The highest BCUT2D eigenvalue weighted by Gasteiger charge is 2.28. The average Bonchev–Trinajstić information content (AvgIpc) is 2.66. The number of carbonyl (C=O) groups is 1. The second-order valence-electron chi connectivity index (χ2n) is 7.17. The van der Waals surface area contributed by atoms with Crippen LogP contribution in [-0.4, -0.2) is 34.0 Å². The number of amides is 1. The fourth-order valence-electron chi connectivity index (χ4n) is 3.07. The fraction of sp³-hybridized carbons (Fsp3) is 0.550. The Kier molecular flexibility index (Phi) is 7.86. The lowest BCUT2D eigenvalue weighted by molar-refractivity contribution is -0.123. The number of sulfonamides is 1. The van der Waals surface area contributed by atoms with Crippen LogP contribution in [0, 0.1) is 5.92 Å². The topological polar surface area (TPSA) is 84.5 Å². The average molecular weight is 395 g/mol. The lowest BCUT2D eigenvalue weighted by atomic mass is 9.97. The zero-order valence-electron chi connectivity index (χ0n) is 16.3. The normalized spacial score (nSPS) is 15.9. The van der Waals surface area contributed by atoms with Crippen LogP contribution in [0.3, 0.4) is 0 Å². The van der Waals surface area contributed by atoms with Crippen LogP contribution in [-0.2, 0) is 14.8 Å². The number of hydrogen-bond donors (Lipinski definition) is 2. The summed E-state index contributed by atoms with van der Waals surface area (Å²) in [6.07, 6.45) is 7.71. The molecule has 1 aromatic carbocycles. The fourth-order valence-corrected chi connectivity index (χ4v) is 4.41. The smallest absolute Gasteiger partial charge is 0.241 e. The van der Waals surface area contributed by atoms with E-state index in [0.29, 0.717) is 12.3 Å². The molecule has 1 aliphatic carbocycles. The summed E-state index contributed by atoms with van der Waals surface area (Å²) < 4.78 is 32.9. The first-order valence-corrected chi connectivity index (χ1v) is 10.9. The van der Waals surface area contributed by atoms with Gasteiger partial charge in [0.05, 0.1) is 12.0 Å². The van der Waals surface area contributed by atoms with Crippen LogP contribution in [0.2, 0.25) is 0 Å². The highest BCUT2D eigenvalue weighted by molar-refractivity contribution is 7.89. The van der Waals surface area contributed by atoms with Crippen LogP contribution in [0.4, 0.5) is 0 Å². The van der Waals surface area contributed by atoms with Gasteiger partial charge in [-0.25, -0.2) is 8.42 Å². The highest BCUT2D eigenvalue weighted by atomic mass is 32.2. The van der Waals surface area contributed by atoms with Gasteiger partial charge in [-0.15, -0.1) is 0 Å². The molecule has 7 heteroatoms. The molecule has 0 saturated heterocycles. The van der Waals surface area contributed by atoms with E-state index in [9.17, 15) is 13.2 Å². The van der Waals surface area contributed by atoms with Crippen molar-refractivity contribution >= 4 is 15.9 Å². The minimum atomic E-state index is -3.80. The Labute approximate surface area is 162 Å². The SMILES string of the molecule is COc1ccc(S(=O)(=O)N[C@H](C(=O)NCCC2=CCCCC2)C(C)C)cc1. The lowest BCUT2D eigenvalue weighted by Crippen LogP contribution is -2.49. The van der Waals surface area contributed by atoms with Crippen molar-refractivity contribution in [3.8, 4) is 5.75 Å². The number of benzene rings is 1. The van der Waals surface area contributed by atoms with E-state index in [-0.39, 0.29) is 16.7 Å². The van der Waals surface area contributed by atoms with Crippen molar-refractivity contribution in [1.82, 2.24) is 10.0 Å². The van der Waals surface area contributed by atoms with Crippen molar-refractivity contribution < 1.29 is 17.9 Å². The number of allylic oxidation sites excluding steroid dienone is 1. The van der Waals surface area contributed by atoms with Gasteiger partial charge in [0.1, 0.15) is 11.8 Å². The molecule has 0 spiro atoms. The zero-order chi connectivity index (χ0) is 19.9. The third-order valence-corrected chi connectivity index (χ3v) is 6.19. The Balaban J connectivity index is 1.98. The number of carbonyl (C=O) groups excluding carboxylic acids is 1. The molecule has 1 amide bonds. The maximum absolute atomic E-state index is 12.6. The largest absolute Gasteiger partial charge is 0.497 e. The molecule has 6 nitrogen and oxygen atoms in total. The van der Waals surface area contributed by atoms with Crippen LogP contribution in [0.1, 0.15) is 46.0 Å². The summed E-state index contributed by atoms with van der Waals surface area (Å²) in [6.45, 7) is 4.17. The van der Waals surface area contributed by atoms with E-state index in [4.69, 9.17) is 4.74 Å². The summed E-state index contributed by atoms with van der Waals surface area (Å²) in [7, 11) is -2.28. The molecular weight excluding hydrogens is 364 g/mol. The predicted octanol–water partition coefficient (Wildman–Crippen LogP) is 3.00. The first kappa shape index (κ1) is 21.4. The monoisotopic (exact) mass is 394 g/mol. The summed E-state index contributed by atoms with van der Waals surface area (Å²) >= 11 is 0. The Morgan fingerprint density at radius 3 is 2.44 bits per heavy atom. The molecule has 1 aliphatic rings. The van der Waals surface area contributed by atoms with Crippen LogP contribution in [0.15, 0.2) is 40.8 Å². The van der Waals surface area contributed by atoms with Gasteiger partial charge in [-0.05, 0) is 62.3 Å². The van der Waals surface area contributed by atoms with E-state index in [0.717, 1.165) is 19.3 Å². The van der Waals surface area contributed by atoms with Gasteiger partial charge in [0, 0.05) is 6.54 Å².